The third kappa shape index (κ3) is 6.41. The summed E-state index contributed by atoms with van der Waals surface area (Å²) < 4.78 is 0.946. The number of aromatic nitrogens is 3. The number of rotatable bonds is 8. The normalized spacial score (nSPS) is 10.9. The number of aromatic hydroxyl groups is 1. The van der Waals surface area contributed by atoms with Gasteiger partial charge in [-0.05, 0) is 90.0 Å². The third-order valence-corrected chi connectivity index (χ3v) is 5.76. The number of nitrogens with one attached hydrogen (secondary N) is 3. The monoisotopic (exact) mass is 596 g/mol. The van der Waals surface area contributed by atoms with Gasteiger partial charge in [0.05, 0.1) is 11.1 Å². The van der Waals surface area contributed by atoms with Crippen LogP contribution in [0, 0.1) is 27.5 Å². The average Bonchev–Trinajstić information content (AvgIpc) is 2.84. The number of halogens is 1. The number of benzene rings is 3. The summed E-state index contributed by atoms with van der Waals surface area (Å²) in [4.78, 5) is 23.6. The van der Waals surface area contributed by atoms with Crippen LogP contribution in [-0.2, 0) is 0 Å². The van der Waals surface area contributed by atoms with E-state index in [-0.39, 0.29) is 29.3 Å². The van der Waals surface area contributed by atoms with Crippen LogP contribution < -0.4 is 16.1 Å². The van der Waals surface area contributed by atoms with Crippen molar-refractivity contribution >= 4 is 63.7 Å². The van der Waals surface area contributed by atoms with E-state index in [2.05, 4.69) is 58.7 Å². The lowest BCUT2D eigenvalue weighted by molar-refractivity contribution is -0.384. The molecule has 4 rings (SSSR count). The number of hydrogen-bond donors (Lipinski definition) is 4. The fraction of sp³-hybridized carbons (Fsp3) is 0.0833. The van der Waals surface area contributed by atoms with Gasteiger partial charge in [0.1, 0.15) is 5.75 Å². The Hall–Kier alpha value is -4.33. The van der Waals surface area contributed by atoms with Gasteiger partial charge in [-0.1, -0.05) is 6.07 Å². The number of phenolic OH excluding ortho intramolecular Hbond substituents is 1. The zero-order valence-electron chi connectivity index (χ0n) is 19.2. The highest BCUT2D eigenvalue weighted by Gasteiger charge is 2.10. The molecule has 0 aliphatic carbocycles. The Morgan fingerprint density at radius 1 is 0.889 bits per heavy atom. The summed E-state index contributed by atoms with van der Waals surface area (Å²) in [6, 6.07) is 16.9. The molecule has 11 nitrogen and oxygen atoms in total. The first-order chi connectivity index (χ1) is 17.3. The van der Waals surface area contributed by atoms with E-state index in [1.807, 2.05) is 32.0 Å². The predicted molar refractivity (Wildman–Crippen MR) is 147 cm³/mol. The highest BCUT2D eigenvalue weighted by Crippen LogP contribution is 2.22. The molecule has 0 aliphatic heterocycles. The third-order valence-electron chi connectivity index (χ3n) is 5.09. The summed E-state index contributed by atoms with van der Waals surface area (Å²) in [7, 11) is 0. The van der Waals surface area contributed by atoms with Crippen LogP contribution in [-0.4, -0.2) is 31.2 Å². The lowest BCUT2D eigenvalue weighted by Crippen LogP contribution is -2.07. The molecule has 0 spiro atoms. The summed E-state index contributed by atoms with van der Waals surface area (Å²) in [5.74, 6) is 0.684. The van der Waals surface area contributed by atoms with Crippen molar-refractivity contribution < 1.29 is 10.0 Å². The Morgan fingerprint density at radius 2 is 1.53 bits per heavy atom. The lowest BCUT2D eigenvalue weighted by Gasteiger charge is -2.11. The molecule has 182 valence electrons. The lowest BCUT2D eigenvalue weighted by atomic mass is 10.1. The van der Waals surface area contributed by atoms with Gasteiger partial charge in [0.2, 0.25) is 17.8 Å². The Kier molecular flexibility index (Phi) is 7.53. The van der Waals surface area contributed by atoms with Gasteiger partial charge in [-0.3, -0.25) is 10.1 Å². The molecular weight excluding hydrogens is 575 g/mol. The quantitative estimate of drug-likeness (QED) is 0.0877. The Bertz CT molecular complexity index is 1440. The first-order valence-electron chi connectivity index (χ1n) is 10.7. The van der Waals surface area contributed by atoms with Crippen molar-refractivity contribution in [2.24, 2.45) is 5.10 Å². The summed E-state index contributed by atoms with van der Waals surface area (Å²) in [6.07, 6.45) is 1.46. The van der Waals surface area contributed by atoms with Gasteiger partial charge in [-0.15, -0.1) is 0 Å². The van der Waals surface area contributed by atoms with Crippen LogP contribution in [0.3, 0.4) is 0 Å². The maximum Gasteiger partial charge on any atom is 0.269 e. The van der Waals surface area contributed by atoms with Crippen LogP contribution in [0.5, 0.6) is 5.75 Å². The van der Waals surface area contributed by atoms with Gasteiger partial charge in [-0.25, -0.2) is 5.43 Å². The van der Waals surface area contributed by atoms with E-state index in [4.69, 9.17) is 0 Å². The smallest absolute Gasteiger partial charge is 0.269 e. The Labute approximate surface area is 220 Å². The van der Waals surface area contributed by atoms with Crippen LogP contribution >= 0.6 is 22.6 Å². The highest BCUT2D eigenvalue weighted by atomic mass is 127. The molecule has 3 aromatic carbocycles. The maximum atomic E-state index is 10.9. The van der Waals surface area contributed by atoms with Gasteiger partial charge in [0.15, 0.2) is 0 Å². The molecule has 4 aromatic rings. The summed E-state index contributed by atoms with van der Waals surface area (Å²) in [5, 5.41) is 31.3. The molecule has 0 saturated heterocycles. The van der Waals surface area contributed by atoms with Crippen LogP contribution in [0.1, 0.15) is 16.7 Å². The maximum absolute atomic E-state index is 10.9. The molecule has 1 heterocycles. The van der Waals surface area contributed by atoms with E-state index in [9.17, 15) is 15.2 Å². The SMILES string of the molecule is Cc1ccc(Nc2nc(NN=Cc3cc(I)ccc3O)nc(Nc3ccc([N+](=O)[O-])cc3)n2)cc1C. The minimum atomic E-state index is -0.468. The molecule has 0 saturated carbocycles. The largest absolute Gasteiger partial charge is 0.507 e. The number of non-ortho nitro benzene ring substituents is 1. The predicted octanol–water partition coefficient (Wildman–Crippen LogP) is 5.64. The number of hydrogen-bond acceptors (Lipinski definition) is 10. The minimum Gasteiger partial charge on any atom is -0.507 e. The van der Waals surface area contributed by atoms with Crippen molar-refractivity contribution in [3.63, 3.8) is 0 Å². The molecule has 4 N–H and O–H groups in total. The van der Waals surface area contributed by atoms with Crippen LogP contribution in [0.2, 0.25) is 0 Å². The summed E-state index contributed by atoms with van der Waals surface area (Å²) in [5.41, 5.74) is 6.89. The van der Waals surface area contributed by atoms with Crippen LogP contribution in [0.4, 0.5) is 34.9 Å². The molecule has 0 unspecified atom stereocenters. The highest BCUT2D eigenvalue weighted by molar-refractivity contribution is 14.1. The fourth-order valence-electron chi connectivity index (χ4n) is 3.07. The standard InChI is InChI=1S/C24H21IN8O3/c1-14-3-5-19(11-15(14)2)28-23-29-22(27-18-6-8-20(9-7-18)33(35)36)30-24(31-23)32-26-13-16-12-17(25)4-10-21(16)34/h3-13,34H,1-2H3,(H3,27,28,29,30,31,32). The first kappa shape index (κ1) is 24.8. The molecule has 12 heteroatoms. The van der Waals surface area contributed by atoms with Gasteiger partial charge in [0, 0.05) is 32.6 Å². The van der Waals surface area contributed by atoms with Crippen molar-refractivity contribution in [2.75, 3.05) is 16.1 Å². The van der Waals surface area contributed by atoms with Gasteiger partial charge in [0.25, 0.3) is 5.69 Å². The molecule has 1 aromatic heterocycles. The number of nitrogens with zero attached hydrogens (tertiary/aromatic N) is 5. The van der Waals surface area contributed by atoms with Crippen molar-refractivity contribution in [2.45, 2.75) is 13.8 Å². The molecule has 0 aliphatic rings. The molecule has 0 atom stereocenters. The van der Waals surface area contributed by atoms with E-state index < -0.39 is 4.92 Å². The average molecular weight is 596 g/mol. The van der Waals surface area contributed by atoms with E-state index >= 15 is 0 Å². The molecule has 0 bridgehead atoms. The van der Waals surface area contributed by atoms with E-state index in [1.54, 1.807) is 30.3 Å². The second-order valence-corrected chi connectivity index (χ2v) is 8.98. The molecular formula is C24H21IN8O3. The number of phenols is 1. The van der Waals surface area contributed by atoms with Crippen LogP contribution in [0.25, 0.3) is 0 Å². The topological polar surface area (TPSA) is 150 Å². The zero-order valence-corrected chi connectivity index (χ0v) is 21.4. The van der Waals surface area contributed by atoms with Crippen molar-refractivity contribution in [1.29, 1.82) is 0 Å². The Morgan fingerprint density at radius 3 is 2.19 bits per heavy atom. The second kappa shape index (κ2) is 10.9. The molecule has 0 amide bonds. The molecule has 0 fully saturated rings. The number of nitro benzene ring substituents is 1. The second-order valence-electron chi connectivity index (χ2n) is 7.73. The van der Waals surface area contributed by atoms with Gasteiger partial charge < -0.3 is 15.7 Å². The van der Waals surface area contributed by atoms with Gasteiger partial charge in [-0.2, -0.15) is 20.1 Å². The number of aryl methyl sites for hydroxylation is 2. The summed E-state index contributed by atoms with van der Waals surface area (Å²) >= 11 is 2.14. The van der Waals surface area contributed by atoms with Crippen LogP contribution in [0.15, 0.2) is 65.8 Å². The fourth-order valence-corrected chi connectivity index (χ4v) is 3.59. The van der Waals surface area contributed by atoms with Gasteiger partial charge >= 0.3 is 0 Å². The molecule has 0 radical (unpaired) electrons. The van der Waals surface area contributed by atoms with Crippen molar-refractivity contribution in [3.05, 3.63) is 91.0 Å². The zero-order chi connectivity index (χ0) is 25.7. The van der Waals surface area contributed by atoms with Crippen molar-refractivity contribution in [3.8, 4) is 5.75 Å². The van der Waals surface area contributed by atoms with Crippen molar-refractivity contribution in [1.82, 2.24) is 15.0 Å². The Balaban J connectivity index is 1.61. The summed E-state index contributed by atoms with van der Waals surface area (Å²) in [6.45, 7) is 4.04. The first-order valence-corrected chi connectivity index (χ1v) is 11.7. The number of hydrazone groups is 1. The minimum absolute atomic E-state index is 0.0242. The number of nitro groups is 1. The van der Waals surface area contributed by atoms with E-state index in [0.717, 1.165) is 20.4 Å². The van der Waals surface area contributed by atoms with E-state index in [1.165, 1.54) is 18.3 Å². The van der Waals surface area contributed by atoms with E-state index in [0.29, 0.717) is 11.3 Å². The number of anilines is 5. The molecule has 36 heavy (non-hydrogen) atoms.